The Morgan fingerprint density at radius 1 is 1.30 bits per heavy atom. The van der Waals surface area contributed by atoms with Gasteiger partial charge in [0.05, 0.1) is 18.4 Å². The zero-order valence-corrected chi connectivity index (χ0v) is 11.3. The summed E-state index contributed by atoms with van der Waals surface area (Å²) in [4.78, 5) is 31.2. The van der Waals surface area contributed by atoms with Gasteiger partial charge in [-0.15, -0.1) is 0 Å². The summed E-state index contributed by atoms with van der Waals surface area (Å²) in [5.41, 5.74) is 0.809. The topological polar surface area (TPSA) is 94.3 Å². The summed E-state index contributed by atoms with van der Waals surface area (Å²) in [6.45, 7) is 3.34. The lowest BCUT2D eigenvalue weighted by atomic mass is 10.3. The van der Waals surface area contributed by atoms with Crippen LogP contribution in [0.1, 0.15) is 32.5 Å². The Bertz CT molecular complexity index is 646. The number of nitrogens with one attached hydrogen (secondary N) is 1. The number of nitrogens with zero attached hydrogens (tertiary/aromatic N) is 2. The number of esters is 1. The standard InChI is InChI=1S/C13H13N3O4/c1-7-11(20-8(2)15-7)12(17)16-10-5-4-9(6-14-10)13(18)19-3/h4-6H,1-3H3,(H,14,16,17). The Hall–Kier alpha value is -2.70. The average molecular weight is 275 g/mol. The maximum Gasteiger partial charge on any atom is 0.339 e. The largest absolute Gasteiger partial charge is 0.465 e. The molecule has 2 rings (SSSR count). The average Bonchev–Trinajstić information content (AvgIpc) is 2.78. The smallest absolute Gasteiger partial charge is 0.339 e. The van der Waals surface area contributed by atoms with Crippen LogP contribution in [0.15, 0.2) is 22.7 Å². The predicted octanol–water partition coefficient (Wildman–Crippen LogP) is 1.73. The summed E-state index contributed by atoms with van der Waals surface area (Å²) in [5, 5.41) is 2.56. The summed E-state index contributed by atoms with van der Waals surface area (Å²) in [6.07, 6.45) is 1.32. The van der Waals surface area contributed by atoms with Crippen molar-refractivity contribution in [2.24, 2.45) is 0 Å². The fourth-order valence-electron chi connectivity index (χ4n) is 1.62. The fraction of sp³-hybridized carbons (Fsp3) is 0.231. The summed E-state index contributed by atoms with van der Waals surface area (Å²) in [5.74, 6) is -0.0717. The van der Waals surface area contributed by atoms with E-state index in [2.05, 4.69) is 20.0 Å². The van der Waals surface area contributed by atoms with Gasteiger partial charge in [-0.25, -0.2) is 14.8 Å². The minimum Gasteiger partial charge on any atom is -0.465 e. The number of aryl methyl sites for hydroxylation is 2. The van der Waals surface area contributed by atoms with Gasteiger partial charge in [0.1, 0.15) is 5.82 Å². The van der Waals surface area contributed by atoms with Gasteiger partial charge in [0.15, 0.2) is 5.89 Å². The number of pyridine rings is 1. The molecule has 0 saturated heterocycles. The fourth-order valence-corrected chi connectivity index (χ4v) is 1.62. The van der Waals surface area contributed by atoms with Crippen molar-refractivity contribution in [3.05, 3.63) is 41.2 Å². The molecule has 0 aliphatic carbocycles. The highest BCUT2D eigenvalue weighted by Gasteiger charge is 2.16. The minimum atomic E-state index is -0.489. The second-order valence-corrected chi connectivity index (χ2v) is 4.03. The van der Waals surface area contributed by atoms with Crippen LogP contribution in [0.25, 0.3) is 0 Å². The molecule has 0 atom stereocenters. The van der Waals surface area contributed by atoms with Crippen LogP contribution in [0.3, 0.4) is 0 Å². The van der Waals surface area contributed by atoms with Crippen molar-refractivity contribution in [3.8, 4) is 0 Å². The van der Waals surface area contributed by atoms with E-state index in [-0.39, 0.29) is 5.76 Å². The molecule has 0 aromatic carbocycles. The second-order valence-electron chi connectivity index (χ2n) is 4.03. The van der Waals surface area contributed by atoms with Gasteiger partial charge in [-0.1, -0.05) is 0 Å². The summed E-state index contributed by atoms with van der Waals surface area (Å²) >= 11 is 0. The van der Waals surface area contributed by atoms with Crippen LogP contribution in [-0.4, -0.2) is 29.0 Å². The van der Waals surface area contributed by atoms with Gasteiger partial charge in [0.25, 0.3) is 5.91 Å². The first-order valence-electron chi connectivity index (χ1n) is 5.81. The molecule has 1 amide bonds. The zero-order chi connectivity index (χ0) is 14.7. The maximum absolute atomic E-state index is 11.9. The lowest BCUT2D eigenvalue weighted by Gasteiger charge is -2.03. The lowest BCUT2D eigenvalue weighted by Crippen LogP contribution is -2.13. The van der Waals surface area contributed by atoms with Gasteiger partial charge in [-0.2, -0.15) is 0 Å². The molecular weight excluding hydrogens is 262 g/mol. The van der Waals surface area contributed by atoms with E-state index in [1.807, 2.05) is 0 Å². The normalized spacial score (nSPS) is 10.2. The third-order valence-electron chi connectivity index (χ3n) is 2.54. The van der Waals surface area contributed by atoms with Crippen molar-refractivity contribution in [3.63, 3.8) is 0 Å². The predicted molar refractivity (Wildman–Crippen MR) is 69.5 cm³/mol. The third kappa shape index (κ3) is 2.82. The number of rotatable bonds is 3. The summed E-state index contributed by atoms with van der Waals surface area (Å²) in [7, 11) is 1.28. The molecule has 0 aliphatic heterocycles. The Morgan fingerprint density at radius 3 is 2.55 bits per heavy atom. The first kappa shape index (κ1) is 13.7. The molecule has 2 aromatic heterocycles. The summed E-state index contributed by atoms with van der Waals surface area (Å²) < 4.78 is 9.76. The van der Waals surface area contributed by atoms with Crippen molar-refractivity contribution in [2.45, 2.75) is 13.8 Å². The van der Waals surface area contributed by atoms with Crippen molar-refractivity contribution < 1.29 is 18.7 Å². The minimum absolute atomic E-state index is 0.140. The number of anilines is 1. The lowest BCUT2D eigenvalue weighted by molar-refractivity contribution is 0.0600. The third-order valence-corrected chi connectivity index (χ3v) is 2.54. The van der Waals surface area contributed by atoms with Crippen LogP contribution < -0.4 is 5.32 Å². The highest BCUT2D eigenvalue weighted by Crippen LogP contribution is 2.12. The van der Waals surface area contributed by atoms with Crippen LogP contribution >= 0.6 is 0 Å². The second kappa shape index (κ2) is 5.52. The quantitative estimate of drug-likeness (QED) is 0.857. The number of ether oxygens (including phenoxy) is 1. The molecule has 0 radical (unpaired) electrons. The number of oxazole rings is 1. The van der Waals surface area contributed by atoms with Gasteiger partial charge in [-0.3, -0.25) is 4.79 Å². The molecule has 0 saturated carbocycles. The van der Waals surface area contributed by atoms with Gasteiger partial charge in [0, 0.05) is 13.1 Å². The van der Waals surface area contributed by atoms with E-state index in [1.54, 1.807) is 13.8 Å². The Balaban J connectivity index is 2.12. The Kier molecular flexibility index (Phi) is 3.79. The molecule has 0 aliphatic rings. The van der Waals surface area contributed by atoms with Crippen molar-refractivity contribution in [1.29, 1.82) is 0 Å². The Morgan fingerprint density at radius 2 is 2.05 bits per heavy atom. The van der Waals surface area contributed by atoms with Crippen LogP contribution in [0, 0.1) is 13.8 Å². The molecule has 1 N–H and O–H groups in total. The SMILES string of the molecule is COC(=O)c1ccc(NC(=O)c2oc(C)nc2C)nc1. The van der Waals surface area contributed by atoms with Crippen LogP contribution in [-0.2, 0) is 4.74 Å². The van der Waals surface area contributed by atoms with E-state index in [0.717, 1.165) is 0 Å². The zero-order valence-electron chi connectivity index (χ0n) is 11.3. The van der Waals surface area contributed by atoms with Crippen molar-refractivity contribution >= 4 is 17.7 Å². The molecule has 7 nitrogen and oxygen atoms in total. The number of carbonyl (C=O) groups excluding carboxylic acids is 2. The monoisotopic (exact) mass is 275 g/mol. The molecule has 0 unspecified atom stereocenters. The van der Waals surface area contributed by atoms with E-state index in [1.165, 1.54) is 25.4 Å². The van der Waals surface area contributed by atoms with Crippen LogP contribution in [0.4, 0.5) is 5.82 Å². The highest BCUT2D eigenvalue weighted by molar-refractivity contribution is 6.02. The molecule has 20 heavy (non-hydrogen) atoms. The number of hydrogen-bond donors (Lipinski definition) is 1. The van der Waals surface area contributed by atoms with E-state index in [9.17, 15) is 9.59 Å². The first-order valence-corrected chi connectivity index (χ1v) is 5.81. The molecule has 0 fully saturated rings. The van der Waals surface area contributed by atoms with Gasteiger partial charge < -0.3 is 14.5 Å². The Labute approximate surface area is 115 Å². The van der Waals surface area contributed by atoms with Gasteiger partial charge in [0.2, 0.25) is 5.76 Å². The van der Waals surface area contributed by atoms with E-state index in [0.29, 0.717) is 23.0 Å². The molecule has 7 heteroatoms. The van der Waals surface area contributed by atoms with Gasteiger partial charge in [-0.05, 0) is 19.1 Å². The first-order chi connectivity index (χ1) is 9.51. The van der Waals surface area contributed by atoms with Crippen molar-refractivity contribution in [1.82, 2.24) is 9.97 Å². The summed E-state index contributed by atoms with van der Waals surface area (Å²) in [6, 6.07) is 3.01. The van der Waals surface area contributed by atoms with E-state index >= 15 is 0 Å². The van der Waals surface area contributed by atoms with Crippen LogP contribution in [0.5, 0.6) is 0 Å². The maximum atomic E-state index is 11.9. The molecule has 104 valence electrons. The van der Waals surface area contributed by atoms with Gasteiger partial charge >= 0.3 is 5.97 Å². The number of aromatic nitrogens is 2. The number of carbonyl (C=O) groups is 2. The van der Waals surface area contributed by atoms with E-state index in [4.69, 9.17) is 4.42 Å². The number of amides is 1. The molecule has 0 spiro atoms. The van der Waals surface area contributed by atoms with Crippen LogP contribution in [0.2, 0.25) is 0 Å². The van der Waals surface area contributed by atoms with Crippen molar-refractivity contribution in [2.75, 3.05) is 12.4 Å². The highest BCUT2D eigenvalue weighted by atomic mass is 16.5. The molecule has 0 bridgehead atoms. The molecule has 2 aromatic rings. The molecule has 2 heterocycles. The van der Waals surface area contributed by atoms with E-state index < -0.39 is 11.9 Å². The number of methoxy groups -OCH3 is 1. The number of hydrogen-bond acceptors (Lipinski definition) is 6. The molecular formula is C13H13N3O4.